The van der Waals surface area contributed by atoms with Gasteiger partial charge in [0.1, 0.15) is 5.69 Å². The first-order valence-electron chi connectivity index (χ1n) is 8.22. The van der Waals surface area contributed by atoms with Crippen LogP contribution >= 0.6 is 0 Å². The minimum atomic E-state index is -0.396. The molecule has 0 atom stereocenters. The lowest BCUT2D eigenvalue weighted by molar-refractivity contribution is 0.0600. The zero-order valence-corrected chi connectivity index (χ0v) is 14.8. The van der Waals surface area contributed by atoms with Crippen molar-refractivity contribution in [1.82, 2.24) is 9.88 Å². The van der Waals surface area contributed by atoms with E-state index in [0.29, 0.717) is 17.8 Å². The molecule has 2 aromatic rings. The van der Waals surface area contributed by atoms with Crippen LogP contribution < -0.4 is 5.32 Å². The summed E-state index contributed by atoms with van der Waals surface area (Å²) in [5.41, 5.74) is 2.29. The lowest BCUT2D eigenvalue weighted by Crippen LogP contribution is -2.28. The normalized spacial score (nSPS) is 10.2. The molecular weight excluding hydrogens is 318 g/mol. The first-order chi connectivity index (χ1) is 12.0. The predicted octanol–water partition coefficient (Wildman–Crippen LogP) is 3.48. The van der Waals surface area contributed by atoms with Crippen molar-refractivity contribution in [3.05, 3.63) is 53.9 Å². The number of rotatable bonds is 7. The molecule has 6 nitrogen and oxygen atoms in total. The average Bonchev–Trinajstić information content (AvgIpc) is 2.65. The number of esters is 1. The summed E-state index contributed by atoms with van der Waals surface area (Å²) in [6, 6.07) is 10.5. The molecule has 1 N–H and O–H groups in total. The SMILES string of the molecule is CCCCN(C)C(=O)c1cc(Nc2cccc(C(=O)OC)c2)ccn1. The summed E-state index contributed by atoms with van der Waals surface area (Å²) in [7, 11) is 3.12. The molecule has 25 heavy (non-hydrogen) atoms. The third-order valence-electron chi connectivity index (χ3n) is 3.75. The molecule has 132 valence electrons. The number of pyridine rings is 1. The standard InChI is InChI=1S/C19H23N3O3/c1-4-5-11-22(2)18(23)17-13-16(9-10-20-17)21-15-8-6-7-14(12-15)19(24)25-3/h6-10,12-13H,4-5,11H2,1-3H3,(H,20,21). The highest BCUT2D eigenvalue weighted by molar-refractivity contribution is 5.93. The third kappa shape index (κ3) is 5.04. The number of hydrogen-bond acceptors (Lipinski definition) is 5. The average molecular weight is 341 g/mol. The fraction of sp³-hybridized carbons (Fsp3) is 0.316. The maximum Gasteiger partial charge on any atom is 0.337 e. The number of unbranched alkanes of at least 4 members (excludes halogenated alkanes) is 1. The third-order valence-corrected chi connectivity index (χ3v) is 3.75. The number of benzene rings is 1. The highest BCUT2D eigenvalue weighted by atomic mass is 16.5. The molecule has 6 heteroatoms. The summed E-state index contributed by atoms with van der Waals surface area (Å²) in [5, 5.41) is 3.18. The van der Waals surface area contributed by atoms with Gasteiger partial charge in [0.15, 0.2) is 0 Å². The van der Waals surface area contributed by atoms with Gasteiger partial charge in [-0.3, -0.25) is 9.78 Å². The lowest BCUT2D eigenvalue weighted by Gasteiger charge is -2.16. The van der Waals surface area contributed by atoms with Gasteiger partial charge < -0.3 is 15.0 Å². The summed E-state index contributed by atoms with van der Waals surface area (Å²) in [6.45, 7) is 2.79. The Morgan fingerprint density at radius 1 is 1.20 bits per heavy atom. The number of nitrogens with one attached hydrogen (secondary N) is 1. The van der Waals surface area contributed by atoms with Gasteiger partial charge >= 0.3 is 5.97 Å². The number of aromatic nitrogens is 1. The van der Waals surface area contributed by atoms with Gasteiger partial charge in [-0.1, -0.05) is 19.4 Å². The van der Waals surface area contributed by atoms with E-state index in [2.05, 4.69) is 17.2 Å². The zero-order chi connectivity index (χ0) is 18.2. The van der Waals surface area contributed by atoms with Crippen molar-refractivity contribution in [2.24, 2.45) is 0 Å². The molecule has 0 aliphatic carbocycles. The van der Waals surface area contributed by atoms with Gasteiger partial charge in [0.2, 0.25) is 0 Å². The Bertz CT molecular complexity index is 746. The van der Waals surface area contributed by atoms with E-state index in [1.165, 1.54) is 7.11 Å². The lowest BCUT2D eigenvalue weighted by atomic mass is 10.2. The van der Waals surface area contributed by atoms with Crippen molar-refractivity contribution in [1.29, 1.82) is 0 Å². The van der Waals surface area contributed by atoms with Crippen molar-refractivity contribution < 1.29 is 14.3 Å². The molecule has 2 rings (SSSR count). The van der Waals surface area contributed by atoms with E-state index in [-0.39, 0.29) is 5.91 Å². The molecule has 1 amide bonds. The summed E-state index contributed by atoms with van der Waals surface area (Å²) in [6.07, 6.45) is 3.58. The second kappa shape index (κ2) is 8.82. The molecule has 0 bridgehead atoms. The summed E-state index contributed by atoms with van der Waals surface area (Å²) < 4.78 is 4.72. The number of carbonyl (C=O) groups excluding carboxylic acids is 2. The second-order valence-electron chi connectivity index (χ2n) is 5.71. The quantitative estimate of drug-likeness (QED) is 0.781. The van der Waals surface area contributed by atoms with Gasteiger partial charge in [0.05, 0.1) is 12.7 Å². The monoisotopic (exact) mass is 341 g/mol. The molecule has 0 radical (unpaired) electrons. The Morgan fingerprint density at radius 3 is 2.68 bits per heavy atom. The van der Waals surface area contributed by atoms with Crippen LogP contribution in [0, 0.1) is 0 Å². The van der Waals surface area contributed by atoms with Crippen LogP contribution in [0.4, 0.5) is 11.4 Å². The van der Waals surface area contributed by atoms with Crippen LogP contribution in [-0.4, -0.2) is 42.5 Å². The van der Waals surface area contributed by atoms with Gasteiger partial charge in [0.25, 0.3) is 5.91 Å². The summed E-state index contributed by atoms with van der Waals surface area (Å²) in [5.74, 6) is -0.507. The molecule has 0 fully saturated rings. The first-order valence-corrected chi connectivity index (χ1v) is 8.22. The molecule has 0 spiro atoms. The van der Waals surface area contributed by atoms with Gasteiger partial charge in [0, 0.05) is 31.2 Å². The van der Waals surface area contributed by atoms with Crippen LogP contribution in [0.3, 0.4) is 0 Å². The van der Waals surface area contributed by atoms with Crippen LogP contribution in [-0.2, 0) is 4.74 Å². The molecule has 0 aliphatic rings. The van der Waals surface area contributed by atoms with Gasteiger partial charge in [-0.25, -0.2) is 4.79 Å². The van der Waals surface area contributed by atoms with Crippen LogP contribution in [0.2, 0.25) is 0 Å². The van der Waals surface area contributed by atoms with Crippen LogP contribution in [0.15, 0.2) is 42.6 Å². The minimum Gasteiger partial charge on any atom is -0.465 e. The van der Waals surface area contributed by atoms with Gasteiger partial charge in [-0.2, -0.15) is 0 Å². The Balaban J connectivity index is 2.14. The molecule has 0 saturated heterocycles. The Hall–Kier alpha value is -2.89. The zero-order valence-electron chi connectivity index (χ0n) is 14.8. The Labute approximate surface area is 147 Å². The van der Waals surface area contributed by atoms with Crippen LogP contribution in [0.1, 0.15) is 40.6 Å². The van der Waals surface area contributed by atoms with E-state index >= 15 is 0 Å². The number of methoxy groups -OCH3 is 1. The number of hydrogen-bond donors (Lipinski definition) is 1. The van der Waals surface area contributed by atoms with E-state index in [9.17, 15) is 9.59 Å². The summed E-state index contributed by atoms with van der Waals surface area (Å²) >= 11 is 0. The highest BCUT2D eigenvalue weighted by Crippen LogP contribution is 2.19. The largest absolute Gasteiger partial charge is 0.465 e. The van der Waals surface area contributed by atoms with Crippen molar-refractivity contribution >= 4 is 23.3 Å². The van der Waals surface area contributed by atoms with E-state index < -0.39 is 5.97 Å². The Kier molecular flexibility index (Phi) is 6.51. The van der Waals surface area contributed by atoms with E-state index in [1.807, 2.05) is 6.07 Å². The number of amides is 1. The number of nitrogens with zero attached hydrogens (tertiary/aromatic N) is 2. The number of carbonyl (C=O) groups is 2. The van der Waals surface area contributed by atoms with Crippen LogP contribution in [0.25, 0.3) is 0 Å². The number of ether oxygens (including phenoxy) is 1. The molecule has 0 saturated carbocycles. The predicted molar refractivity (Wildman–Crippen MR) is 97.2 cm³/mol. The number of anilines is 2. The smallest absolute Gasteiger partial charge is 0.337 e. The summed E-state index contributed by atoms with van der Waals surface area (Å²) in [4.78, 5) is 29.9. The fourth-order valence-corrected chi connectivity index (χ4v) is 2.33. The van der Waals surface area contributed by atoms with E-state index in [0.717, 1.165) is 24.2 Å². The van der Waals surface area contributed by atoms with E-state index in [4.69, 9.17) is 4.74 Å². The van der Waals surface area contributed by atoms with Crippen molar-refractivity contribution in [3.8, 4) is 0 Å². The maximum absolute atomic E-state index is 12.4. The first kappa shape index (κ1) is 18.4. The fourth-order valence-electron chi connectivity index (χ4n) is 2.33. The van der Waals surface area contributed by atoms with Crippen LogP contribution in [0.5, 0.6) is 0 Å². The highest BCUT2D eigenvalue weighted by Gasteiger charge is 2.13. The molecule has 0 aliphatic heterocycles. The van der Waals surface area contributed by atoms with Crippen molar-refractivity contribution in [2.45, 2.75) is 19.8 Å². The minimum absolute atomic E-state index is 0.111. The van der Waals surface area contributed by atoms with Gasteiger partial charge in [-0.05, 0) is 36.8 Å². The maximum atomic E-state index is 12.4. The molecule has 0 unspecified atom stereocenters. The van der Waals surface area contributed by atoms with Crippen molar-refractivity contribution in [3.63, 3.8) is 0 Å². The van der Waals surface area contributed by atoms with Crippen molar-refractivity contribution in [2.75, 3.05) is 26.0 Å². The molecular formula is C19H23N3O3. The van der Waals surface area contributed by atoms with E-state index in [1.54, 1.807) is 48.5 Å². The second-order valence-corrected chi connectivity index (χ2v) is 5.71. The molecule has 1 aromatic carbocycles. The Morgan fingerprint density at radius 2 is 1.96 bits per heavy atom. The topological polar surface area (TPSA) is 71.5 Å². The van der Waals surface area contributed by atoms with Gasteiger partial charge in [-0.15, -0.1) is 0 Å². The molecule has 1 heterocycles. The molecule has 1 aromatic heterocycles.